The van der Waals surface area contributed by atoms with Crippen LogP contribution in [-0.2, 0) is 4.74 Å². The van der Waals surface area contributed by atoms with Crippen molar-refractivity contribution in [3.8, 4) is 0 Å². The van der Waals surface area contributed by atoms with Crippen molar-refractivity contribution < 1.29 is 14.2 Å². The molecule has 12 heavy (non-hydrogen) atoms. The van der Waals surface area contributed by atoms with Gasteiger partial charge in [-0.05, 0) is 6.92 Å². The van der Waals surface area contributed by atoms with E-state index in [1.54, 1.807) is 6.92 Å². The van der Waals surface area contributed by atoms with Crippen LogP contribution < -0.4 is 11.5 Å². The van der Waals surface area contributed by atoms with Crippen LogP contribution in [0.25, 0.3) is 0 Å². The third-order valence-corrected chi connectivity index (χ3v) is 2.24. The van der Waals surface area contributed by atoms with E-state index >= 15 is 0 Å². The van der Waals surface area contributed by atoms with E-state index in [0.717, 1.165) is 0 Å². The van der Waals surface area contributed by atoms with Crippen molar-refractivity contribution in [1.82, 2.24) is 0 Å². The van der Waals surface area contributed by atoms with E-state index in [0.29, 0.717) is 0 Å². The van der Waals surface area contributed by atoms with Crippen LogP contribution in [0.5, 0.6) is 0 Å². The molecule has 72 valence electrons. The number of halogens is 1. The number of ether oxygens (including phenoxy) is 1. The molecule has 0 aromatic rings. The highest BCUT2D eigenvalue weighted by Crippen LogP contribution is 2.21. The van der Waals surface area contributed by atoms with Crippen LogP contribution >= 0.6 is 0 Å². The zero-order chi connectivity index (χ0) is 9.30. The minimum Gasteiger partial charge on any atom is -0.387 e. The molecule has 1 aliphatic heterocycles. The van der Waals surface area contributed by atoms with Gasteiger partial charge in [0.05, 0.1) is 18.2 Å². The summed E-state index contributed by atoms with van der Waals surface area (Å²) in [7, 11) is 0. The van der Waals surface area contributed by atoms with Crippen LogP contribution in [0, 0.1) is 0 Å². The molecule has 0 amide bonds. The molecular weight excluding hydrogens is 163 g/mol. The molecule has 5 heteroatoms. The van der Waals surface area contributed by atoms with Crippen molar-refractivity contribution in [2.45, 2.75) is 37.4 Å². The van der Waals surface area contributed by atoms with Gasteiger partial charge in [-0.15, -0.1) is 0 Å². The van der Waals surface area contributed by atoms with Crippen LogP contribution in [0.3, 0.4) is 0 Å². The molecule has 5 atom stereocenters. The summed E-state index contributed by atoms with van der Waals surface area (Å²) < 4.78 is 18.3. The summed E-state index contributed by atoms with van der Waals surface area (Å²) in [6, 6.07) is -0.761. The fraction of sp³-hybridized carbons (Fsp3) is 1.00. The maximum atomic E-state index is 13.1. The first-order chi connectivity index (χ1) is 5.57. The van der Waals surface area contributed by atoms with Gasteiger partial charge in [-0.1, -0.05) is 0 Å². The van der Waals surface area contributed by atoms with E-state index in [-0.39, 0.29) is 6.54 Å². The summed E-state index contributed by atoms with van der Waals surface area (Å²) in [5, 5.41) is 9.27. The molecule has 0 bridgehead atoms. The van der Waals surface area contributed by atoms with Gasteiger partial charge in [0.25, 0.3) is 0 Å². The third-order valence-electron chi connectivity index (χ3n) is 2.24. The summed E-state index contributed by atoms with van der Waals surface area (Å²) in [6.07, 6.45) is -3.66. The monoisotopic (exact) mass is 178 g/mol. The maximum absolute atomic E-state index is 13.1. The first-order valence-electron chi connectivity index (χ1n) is 4.01. The number of nitrogens with two attached hydrogens (primary N) is 2. The minimum atomic E-state index is -1.44. The molecule has 1 rings (SSSR count). The Hall–Kier alpha value is -0.230. The summed E-state index contributed by atoms with van der Waals surface area (Å²) in [5.74, 6) is 0. The molecule has 4 unspecified atom stereocenters. The number of aliphatic hydroxyl groups excluding tert-OH is 1. The molecule has 0 aromatic heterocycles. The molecule has 1 aliphatic rings. The standard InChI is InChI=1S/C7H15FN2O2/c1-3-6(10)5(8)7(11)4(2-9)12-3/h3-7,11H,2,9-10H2,1H3/t3-,4?,5?,6?,7?/m1/s1. The van der Waals surface area contributed by atoms with E-state index in [1.807, 2.05) is 0 Å². The molecule has 1 fully saturated rings. The lowest BCUT2D eigenvalue weighted by Crippen LogP contribution is -2.60. The molecule has 0 aliphatic carbocycles. The Morgan fingerprint density at radius 2 is 2.17 bits per heavy atom. The van der Waals surface area contributed by atoms with E-state index in [4.69, 9.17) is 16.2 Å². The van der Waals surface area contributed by atoms with Crippen molar-refractivity contribution in [1.29, 1.82) is 0 Å². The van der Waals surface area contributed by atoms with Crippen molar-refractivity contribution in [2.24, 2.45) is 11.5 Å². The van der Waals surface area contributed by atoms with Crippen LogP contribution in [0.2, 0.25) is 0 Å². The topological polar surface area (TPSA) is 81.5 Å². The van der Waals surface area contributed by atoms with Gasteiger partial charge in [-0.2, -0.15) is 0 Å². The quantitative estimate of drug-likeness (QED) is 0.469. The number of aliphatic hydroxyl groups is 1. The first kappa shape index (κ1) is 9.85. The highest BCUT2D eigenvalue weighted by Gasteiger charge is 2.41. The molecule has 1 saturated heterocycles. The number of hydrogen-bond donors (Lipinski definition) is 3. The largest absolute Gasteiger partial charge is 0.387 e. The van der Waals surface area contributed by atoms with Crippen molar-refractivity contribution in [3.63, 3.8) is 0 Å². The normalized spacial score (nSPS) is 49.2. The summed E-state index contributed by atoms with van der Waals surface area (Å²) in [4.78, 5) is 0. The van der Waals surface area contributed by atoms with Gasteiger partial charge in [0, 0.05) is 6.54 Å². The van der Waals surface area contributed by atoms with Crippen molar-refractivity contribution >= 4 is 0 Å². The van der Waals surface area contributed by atoms with Crippen LogP contribution in [-0.4, -0.2) is 42.2 Å². The SMILES string of the molecule is C[C@H]1OC(CN)C(O)C(F)C1N. The zero-order valence-corrected chi connectivity index (χ0v) is 6.98. The Morgan fingerprint density at radius 3 is 2.67 bits per heavy atom. The van der Waals surface area contributed by atoms with E-state index < -0.39 is 30.5 Å². The Kier molecular flexibility index (Phi) is 3.00. The predicted octanol–water partition coefficient (Wildman–Crippen LogP) is -1.24. The van der Waals surface area contributed by atoms with Gasteiger partial charge in [-0.3, -0.25) is 0 Å². The number of rotatable bonds is 1. The van der Waals surface area contributed by atoms with Crippen molar-refractivity contribution in [3.05, 3.63) is 0 Å². The van der Waals surface area contributed by atoms with Crippen molar-refractivity contribution in [2.75, 3.05) is 6.54 Å². The molecule has 0 saturated carbocycles. The average Bonchev–Trinajstić information content (AvgIpc) is 2.08. The lowest BCUT2D eigenvalue weighted by atomic mass is 9.95. The van der Waals surface area contributed by atoms with Crippen LogP contribution in [0.15, 0.2) is 0 Å². The lowest BCUT2D eigenvalue weighted by Gasteiger charge is -2.38. The summed E-state index contributed by atoms with van der Waals surface area (Å²) >= 11 is 0. The molecule has 5 N–H and O–H groups in total. The van der Waals surface area contributed by atoms with Gasteiger partial charge in [0.2, 0.25) is 0 Å². The van der Waals surface area contributed by atoms with E-state index in [9.17, 15) is 9.50 Å². The Morgan fingerprint density at radius 1 is 1.58 bits per heavy atom. The van der Waals surface area contributed by atoms with Gasteiger partial charge in [0.1, 0.15) is 12.3 Å². The zero-order valence-electron chi connectivity index (χ0n) is 6.98. The number of hydrogen-bond acceptors (Lipinski definition) is 4. The average molecular weight is 178 g/mol. The molecule has 4 nitrogen and oxygen atoms in total. The molecule has 0 aromatic carbocycles. The molecule has 1 heterocycles. The Balaban J connectivity index is 2.63. The highest BCUT2D eigenvalue weighted by molar-refractivity contribution is 4.93. The van der Waals surface area contributed by atoms with E-state index in [1.165, 1.54) is 0 Å². The van der Waals surface area contributed by atoms with Gasteiger partial charge >= 0.3 is 0 Å². The van der Waals surface area contributed by atoms with Gasteiger partial charge in [-0.25, -0.2) is 4.39 Å². The first-order valence-corrected chi connectivity index (χ1v) is 4.01. The Bertz CT molecular complexity index is 154. The smallest absolute Gasteiger partial charge is 0.146 e. The van der Waals surface area contributed by atoms with Crippen LogP contribution in [0.4, 0.5) is 4.39 Å². The Labute approximate surface area is 70.7 Å². The second-order valence-corrected chi connectivity index (χ2v) is 3.13. The summed E-state index contributed by atoms with van der Waals surface area (Å²) in [5.41, 5.74) is 10.7. The second-order valence-electron chi connectivity index (χ2n) is 3.13. The van der Waals surface area contributed by atoms with Gasteiger partial charge < -0.3 is 21.3 Å². The van der Waals surface area contributed by atoms with E-state index in [2.05, 4.69) is 0 Å². The third kappa shape index (κ3) is 1.59. The fourth-order valence-electron chi connectivity index (χ4n) is 1.33. The predicted molar refractivity (Wildman–Crippen MR) is 42.3 cm³/mol. The van der Waals surface area contributed by atoms with Crippen LogP contribution in [0.1, 0.15) is 6.92 Å². The van der Waals surface area contributed by atoms with Gasteiger partial charge in [0.15, 0.2) is 0 Å². The molecule has 0 spiro atoms. The maximum Gasteiger partial charge on any atom is 0.146 e. The highest BCUT2D eigenvalue weighted by atomic mass is 19.1. The molecular formula is C7H15FN2O2. The second kappa shape index (κ2) is 3.66. The number of alkyl halides is 1. The fourth-order valence-corrected chi connectivity index (χ4v) is 1.33. The summed E-state index contributed by atoms with van der Waals surface area (Å²) in [6.45, 7) is 1.78. The molecule has 0 radical (unpaired) electrons. The minimum absolute atomic E-state index is 0.110. The lowest BCUT2D eigenvalue weighted by molar-refractivity contribution is -0.149.